The van der Waals surface area contributed by atoms with Gasteiger partial charge in [0.05, 0.1) is 10.8 Å². The lowest BCUT2D eigenvalue weighted by Crippen LogP contribution is -2.70. The van der Waals surface area contributed by atoms with Gasteiger partial charge in [-0.3, -0.25) is 9.59 Å². The molecule has 8 unspecified atom stereocenters. The molecule has 5 fully saturated rings. The van der Waals surface area contributed by atoms with Crippen molar-refractivity contribution in [3.63, 3.8) is 0 Å². The number of carboxylic acids is 1. The number of esters is 2. The van der Waals surface area contributed by atoms with Crippen molar-refractivity contribution in [2.24, 2.45) is 34.0 Å². The highest BCUT2D eigenvalue weighted by atomic mass is 16.6. The summed E-state index contributed by atoms with van der Waals surface area (Å²) in [6.07, 6.45) is 6.19. The summed E-state index contributed by atoms with van der Waals surface area (Å²) in [6, 6.07) is 0. The maximum absolute atomic E-state index is 13.0. The van der Waals surface area contributed by atoms with E-state index in [1.807, 2.05) is 6.92 Å². The normalized spacial score (nSPS) is 44.5. The Morgan fingerprint density at radius 1 is 1.06 bits per heavy atom. The summed E-state index contributed by atoms with van der Waals surface area (Å²) in [7, 11) is 0. The molecule has 33 heavy (non-hydrogen) atoms. The molecule has 0 aromatic rings. The molecule has 0 aromatic heterocycles. The average Bonchev–Trinajstić information content (AvgIpc) is 2.76. The highest BCUT2D eigenvalue weighted by Crippen LogP contribution is 2.73. The number of rotatable bonds is 4. The summed E-state index contributed by atoms with van der Waals surface area (Å²) in [6.45, 7) is 13.4. The molecule has 0 aromatic carbocycles. The largest absolute Gasteiger partial charge is 0.481 e. The summed E-state index contributed by atoms with van der Waals surface area (Å²) >= 11 is 0. The van der Waals surface area contributed by atoms with Crippen molar-refractivity contribution < 1.29 is 29.0 Å². The minimum absolute atomic E-state index is 0.0973. The lowest BCUT2D eigenvalue weighted by Gasteiger charge is -2.70. The van der Waals surface area contributed by atoms with Crippen LogP contribution >= 0.6 is 0 Å². The van der Waals surface area contributed by atoms with E-state index in [4.69, 9.17) is 9.47 Å². The van der Waals surface area contributed by atoms with Gasteiger partial charge in [0.25, 0.3) is 0 Å². The van der Waals surface area contributed by atoms with Gasteiger partial charge in [-0.1, -0.05) is 26.0 Å². The number of aliphatic carboxylic acids is 1. The number of ether oxygens (including phenoxy) is 2. The van der Waals surface area contributed by atoms with Crippen LogP contribution in [0.4, 0.5) is 0 Å². The van der Waals surface area contributed by atoms with Crippen LogP contribution in [-0.4, -0.2) is 35.2 Å². The predicted octanol–water partition coefficient (Wildman–Crippen LogP) is 5.07. The van der Waals surface area contributed by atoms with Crippen LogP contribution in [0.2, 0.25) is 0 Å². The van der Waals surface area contributed by atoms with Gasteiger partial charge < -0.3 is 14.6 Å². The molecular weight excluding hydrogens is 420 g/mol. The van der Waals surface area contributed by atoms with E-state index in [1.165, 1.54) is 6.92 Å². The molecule has 5 aliphatic carbocycles. The number of allylic oxidation sites excluding steroid dienone is 1. The quantitative estimate of drug-likeness (QED) is 0.359. The van der Waals surface area contributed by atoms with Crippen LogP contribution in [0.5, 0.6) is 0 Å². The highest BCUT2D eigenvalue weighted by molar-refractivity contribution is 5.87. The van der Waals surface area contributed by atoms with Gasteiger partial charge in [-0.25, -0.2) is 4.79 Å². The maximum atomic E-state index is 13.0. The monoisotopic (exact) mass is 458 g/mol. The predicted molar refractivity (Wildman–Crippen MR) is 123 cm³/mol. The molecule has 1 spiro atoms. The lowest BCUT2D eigenvalue weighted by molar-refractivity contribution is -0.260. The van der Waals surface area contributed by atoms with Gasteiger partial charge in [0, 0.05) is 12.5 Å². The maximum Gasteiger partial charge on any atom is 0.333 e. The fourth-order valence-corrected chi connectivity index (χ4v) is 8.27. The minimum Gasteiger partial charge on any atom is -0.481 e. The number of carbonyl (C=O) groups excluding carboxylic acids is 2. The van der Waals surface area contributed by atoms with Crippen molar-refractivity contribution in [1.82, 2.24) is 0 Å². The van der Waals surface area contributed by atoms with Gasteiger partial charge in [0.2, 0.25) is 0 Å². The van der Waals surface area contributed by atoms with Gasteiger partial charge >= 0.3 is 17.9 Å². The third kappa shape index (κ3) is 3.30. The Labute approximate surface area is 196 Å². The third-order valence-corrected chi connectivity index (χ3v) is 10.0. The Bertz CT molecular complexity index is 920. The Morgan fingerprint density at radius 3 is 2.36 bits per heavy atom. The molecule has 1 N–H and O–H groups in total. The van der Waals surface area contributed by atoms with Gasteiger partial charge in [0.1, 0.15) is 12.2 Å². The Morgan fingerprint density at radius 2 is 1.76 bits per heavy atom. The molecule has 182 valence electrons. The molecule has 5 rings (SSSR count). The first kappa shape index (κ1) is 24.0. The second-order valence-electron chi connectivity index (χ2n) is 11.4. The van der Waals surface area contributed by atoms with E-state index < -0.39 is 29.0 Å². The molecule has 8 atom stereocenters. The standard InChI is InChI=1S/C27H38O6/c1-7-15(2)23(29)33-21-14-19-25(5,10-8-11-26(19,6)24(30)31)20-13-18-9-12-27(20,21)22(16(18)3)32-17(4)28/h7,18-22H,3,8-14H2,1-2,4-6H3,(H,30,31). The van der Waals surface area contributed by atoms with Crippen molar-refractivity contribution >= 4 is 17.9 Å². The SMILES string of the molecule is C=C1C2CCC3(C(OC(=O)C(C)=CC)CC4C(C)(C(=O)O)CCCC4(C)C3C2)C1OC(C)=O. The van der Waals surface area contributed by atoms with Crippen LogP contribution in [0, 0.1) is 34.0 Å². The Balaban J connectivity index is 1.87. The Hall–Kier alpha value is -2.11. The van der Waals surface area contributed by atoms with Crippen molar-refractivity contribution in [3.8, 4) is 0 Å². The van der Waals surface area contributed by atoms with E-state index >= 15 is 0 Å². The topological polar surface area (TPSA) is 89.9 Å². The van der Waals surface area contributed by atoms with E-state index in [-0.39, 0.29) is 35.1 Å². The molecule has 0 amide bonds. The molecule has 0 heterocycles. The van der Waals surface area contributed by atoms with Crippen LogP contribution in [-0.2, 0) is 23.9 Å². The second-order valence-corrected chi connectivity index (χ2v) is 11.4. The fraction of sp³-hybridized carbons (Fsp3) is 0.741. The van der Waals surface area contributed by atoms with Crippen molar-refractivity contribution in [1.29, 1.82) is 0 Å². The van der Waals surface area contributed by atoms with Crippen LogP contribution in [0.1, 0.15) is 79.6 Å². The zero-order chi connectivity index (χ0) is 24.3. The minimum atomic E-state index is -0.875. The van der Waals surface area contributed by atoms with Crippen LogP contribution in [0.15, 0.2) is 23.8 Å². The lowest BCUT2D eigenvalue weighted by atomic mass is 9.35. The van der Waals surface area contributed by atoms with Gasteiger partial charge in [-0.2, -0.15) is 0 Å². The summed E-state index contributed by atoms with van der Waals surface area (Å²) in [5, 5.41) is 10.3. The number of hydrogen-bond donors (Lipinski definition) is 1. The van der Waals surface area contributed by atoms with Gasteiger partial charge in [0.15, 0.2) is 0 Å². The average molecular weight is 459 g/mol. The van der Waals surface area contributed by atoms with Crippen molar-refractivity contribution in [2.75, 3.05) is 0 Å². The van der Waals surface area contributed by atoms with Gasteiger partial charge in [-0.15, -0.1) is 0 Å². The molecule has 6 heteroatoms. The number of carboxylic acid groups (broad SMARTS) is 1. The van der Waals surface area contributed by atoms with E-state index in [0.717, 1.165) is 37.7 Å². The van der Waals surface area contributed by atoms with E-state index in [9.17, 15) is 19.5 Å². The highest BCUT2D eigenvalue weighted by Gasteiger charge is 2.72. The molecule has 6 nitrogen and oxygen atoms in total. The molecule has 2 bridgehead atoms. The van der Waals surface area contributed by atoms with Crippen LogP contribution < -0.4 is 0 Å². The third-order valence-electron chi connectivity index (χ3n) is 10.0. The van der Waals surface area contributed by atoms with E-state index in [1.54, 1.807) is 19.9 Å². The summed E-state index contributed by atoms with van der Waals surface area (Å²) < 4.78 is 12.2. The second kappa shape index (κ2) is 7.99. The van der Waals surface area contributed by atoms with Crippen LogP contribution in [0.3, 0.4) is 0 Å². The van der Waals surface area contributed by atoms with E-state index in [0.29, 0.717) is 18.4 Å². The van der Waals surface area contributed by atoms with Gasteiger partial charge in [-0.05, 0) is 88.0 Å². The first-order valence-corrected chi connectivity index (χ1v) is 12.3. The smallest absolute Gasteiger partial charge is 0.333 e. The van der Waals surface area contributed by atoms with Crippen molar-refractivity contribution in [2.45, 2.75) is 91.8 Å². The summed E-state index contributed by atoms with van der Waals surface area (Å²) in [5.41, 5.74) is -0.228. The Kier molecular flexibility index (Phi) is 5.82. The molecule has 0 aliphatic heterocycles. The summed E-state index contributed by atoms with van der Waals surface area (Å²) in [5.74, 6) is -1.30. The molecule has 5 saturated carbocycles. The number of carbonyl (C=O) groups is 3. The number of hydrogen-bond acceptors (Lipinski definition) is 5. The first-order valence-electron chi connectivity index (χ1n) is 12.3. The molecule has 5 aliphatic rings. The first-order chi connectivity index (χ1) is 15.4. The van der Waals surface area contributed by atoms with Crippen molar-refractivity contribution in [3.05, 3.63) is 23.8 Å². The fourth-order valence-electron chi connectivity index (χ4n) is 8.27. The number of fused-ring (bicyclic) bond motifs is 3. The molecular formula is C27H38O6. The molecule has 0 saturated heterocycles. The zero-order valence-corrected chi connectivity index (χ0v) is 20.6. The zero-order valence-electron chi connectivity index (χ0n) is 20.6. The van der Waals surface area contributed by atoms with E-state index in [2.05, 4.69) is 13.5 Å². The summed E-state index contributed by atoms with van der Waals surface area (Å²) in [4.78, 5) is 37.7. The molecule has 0 radical (unpaired) electrons. The van der Waals surface area contributed by atoms with Crippen LogP contribution in [0.25, 0.3) is 0 Å².